The minimum absolute atomic E-state index is 0.0171. The van der Waals surface area contributed by atoms with Crippen LogP contribution in [0.1, 0.15) is 51.0 Å². The molecule has 1 saturated heterocycles. The fourth-order valence-corrected chi connectivity index (χ4v) is 4.00. The monoisotopic (exact) mass is 480 g/mol. The molecule has 0 amide bonds. The number of fused-ring (bicyclic) bond motifs is 2. The van der Waals surface area contributed by atoms with E-state index in [1.807, 2.05) is 39.0 Å². The Bertz CT molecular complexity index is 851. The van der Waals surface area contributed by atoms with E-state index in [0.717, 1.165) is 0 Å². The zero-order valence-corrected chi connectivity index (χ0v) is 20.4. The third-order valence-corrected chi connectivity index (χ3v) is 5.46. The van der Waals surface area contributed by atoms with Crippen LogP contribution in [-0.4, -0.2) is 68.2 Å². The van der Waals surface area contributed by atoms with Crippen LogP contribution in [0.25, 0.3) is 6.08 Å². The largest absolute Gasteiger partial charge is 0.467 e. The lowest BCUT2D eigenvalue weighted by Gasteiger charge is -2.23. The van der Waals surface area contributed by atoms with E-state index in [9.17, 15) is 10.2 Å². The molecule has 2 N–H and O–H groups in total. The molecular weight excluding hydrogens is 444 g/mol. The Balaban J connectivity index is 2.02. The smallest absolute Gasteiger partial charge is 0.188 e. The first kappa shape index (κ1) is 26.6. The highest BCUT2D eigenvalue weighted by molar-refractivity contribution is 5.61. The molecule has 0 spiro atoms. The number of rotatable bonds is 6. The van der Waals surface area contributed by atoms with Gasteiger partial charge in [0.05, 0.1) is 17.8 Å². The van der Waals surface area contributed by atoms with E-state index in [1.165, 1.54) is 14.2 Å². The van der Waals surface area contributed by atoms with E-state index in [-0.39, 0.29) is 25.8 Å². The summed E-state index contributed by atoms with van der Waals surface area (Å²) >= 11 is 0. The Morgan fingerprint density at radius 2 is 1.74 bits per heavy atom. The van der Waals surface area contributed by atoms with Gasteiger partial charge in [0, 0.05) is 20.3 Å². The van der Waals surface area contributed by atoms with Crippen LogP contribution in [0.15, 0.2) is 30.4 Å². The van der Waals surface area contributed by atoms with Gasteiger partial charge in [-0.25, -0.2) is 0 Å². The van der Waals surface area contributed by atoms with Crippen molar-refractivity contribution in [2.45, 2.75) is 70.1 Å². The first-order chi connectivity index (χ1) is 16.2. The molecule has 0 bridgehead atoms. The molecule has 0 aromatic heterocycles. The van der Waals surface area contributed by atoms with Crippen molar-refractivity contribution in [3.63, 3.8) is 0 Å². The molecular formula is C25H36O9. The zero-order chi connectivity index (χ0) is 24.7. The summed E-state index contributed by atoms with van der Waals surface area (Å²) in [7, 11) is 3.05. The number of hydrogen-bond acceptors (Lipinski definition) is 9. The van der Waals surface area contributed by atoms with E-state index in [4.69, 9.17) is 33.2 Å². The maximum atomic E-state index is 11.0. The molecule has 1 aromatic rings. The van der Waals surface area contributed by atoms with Crippen molar-refractivity contribution >= 4 is 6.08 Å². The SMILES string of the molecule is COCOc1cc2c(c(OCOC)c1)C(O)O[C@@H](C)C/C=C\C(O)[C@H]1OC(C)(C)O[C@H]1C/C=C/2. The van der Waals surface area contributed by atoms with Gasteiger partial charge in [-0.05, 0) is 45.2 Å². The molecule has 2 aliphatic rings. The van der Waals surface area contributed by atoms with E-state index < -0.39 is 24.3 Å². The summed E-state index contributed by atoms with van der Waals surface area (Å²) in [6, 6.07) is 3.43. The van der Waals surface area contributed by atoms with Crippen LogP contribution in [-0.2, 0) is 23.7 Å². The highest BCUT2D eigenvalue weighted by Crippen LogP contribution is 2.37. The zero-order valence-electron chi connectivity index (χ0n) is 20.4. The molecule has 2 aliphatic heterocycles. The van der Waals surface area contributed by atoms with E-state index in [2.05, 4.69) is 0 Å². The second-order valence-corrected chi connectivity index (χ2v) is 8.76. The molecule has 9 nitrogen and oxygen atoms in total. The Kier molecular flexibility index (Phi) is 9.49. The summed E-state index contributed by atoms with van der Waals surface area (Å²) in [4.78, 5) is 0. The van der Waals surface area contributed by atoms with Gasteiger partial charge >= 0.3 is 0 Å². The summed E-state index contributed by atoms with van der Waals surface area (Å²) in [6.45, 7) is 5.53. The van der Waals surface area contributed by atoms with E-state index >= 15 is 0 Å². The van der Waals surface area contributed by atoms with Gasteiger partial charge in [0.25, 0.3) is 0 Å². The molecule has 1 fully saturated rings. The van der Waals surface area contributed by atoms with Crippen LogP contribution in [0.5, 0.6) is 11.5 Å². The molecule has 34 heavy (non-hydrogen) atoms. The van der Waals surface area contributed by atoms with Crippen LogP contribution >= 0.6 is 0 Å². The average Bonchev–Trinajstić information content (AvgIpc) is 3.09. The fraction of sp³-hybridized carbons (Fsp3) is 0.600. The normalized spacial score (nSPS) is 31.1. The van der Waals surface area contributed by atoms with Crippen LogP contribution in [0.2, 0.25) is 0 Å². The average molecular weight is 481 g/mol. The minimum atomic E-state index is -1.27. The van der Waals surface area contributed by atoms with Gasteiger partial charge in [-0.3, -0.25) is 0 Å². The van der Waals surface area contributed by atoms with Crippen molar-refractivity contribution in [2.24, 2.45) is 0 Å². The van der Waals surface area contributed by atoms with Gasteiger partial charge in [-0.2, -0.15) is 0 Å². The fourth-order valence-electron chi connectivity index (χ4n) is 4.00. The van der Waals surface area contributed by atoms with Gasteiger partial charge in [-0.1, -0.05) is 24.3 Å². The second kappa shape index (κ2) is 12.1. The van der Waals surface area contributed by atoms with Crippen LogP contribution in [0.3, 0.4) is 0 Å². The lowest BCUT2D eigenvalue weighted by atomic mass is 10.0. The van der Waals surface area contributed by atoms with Gasteiger partial charge in [-0.15, -0.1) is 0 Å². The summed E-state index contributed by atoms with van der Waals surface area (Å²) in [5.41, 5.74) is 1.09. The minimum Gasteiger partial charge on any atom is -0.467 e. The quantitative estimate of drug-likeness (QED) is 0.469. The summed E-state index contributed by atoms with van der Waals surface area (Å²) in [5.74, 6) is 0.0570. The number of methoxy groups -OCH3 is 2. The van der Waals surface area contributed by atoms with Gasteiger partial charge in [0.1, 0.15) is 23.7 Å². The van der Waals surface area contributed by atoms with Crippen LogP contribution < -0.4 is 9.47 Å². The first-order valence-corrected chi connectivity index (χ1v) is 11.4. The van der Waals surface area contributed by atoms with Crippen LogP contribution in [0, 0.1) is 0 Å². The van der Waals surface area contributed by atoms with Crippen molar-refractivity contribution in [1.82, 2.24) is 0 Å². The van der Waals surface area contributed by atoms with Crippen molar-refractivity contribution < 1.29 is 43.4 Å². The van der Waals surface area contributed by atoms with Crippen LogP contribution in [0.4, 0.5) is 0 Å². The van der Waals surface area contributed by atoms with Crippen molar-refractivity contribution in [1.29, 1.82) is 0 Å². The number of hydrogen-bond donors (Lipinski definition) is 2. The molecule has 3 rings (SSSR count). The number of aliphatic hydroxyl groups excluding tert-OH is 2. The summed E-state index contributed by atoms with van der Waals surface area (Å²) < 4.78 is 39.3. The Morgan fingerprint density at radius 1 is 1.00 bits per heavy atom. The Hall–Kier alpha value is -1.98. The lowest BCUT2D eigenvalue weighted by molar-refractivity contribution is -0.152. The third kappa shape index (κ3) is 7.02. The highest BCUT2D eigenvalue weighted by atomic mass is 16.8. The van der Waals surface area contributed by atoms with E-state index in [1.54, 1.807) is 18.2 Å². The Labute approximate surface area is 200 Å². The van der Waals surface area contributed by atoms with Crippen molar-refractivity contribution in [3.05, 3.63) is 41.5 Å². The third-order valence-electron chi connectivity index (χ3n) is 5.46. The van der Waals surface area contributed by atoms with Gasteiger partial charge in [0.2, 0.25) is 0 Å². The van der Waals surface area contributed by atoms with Gasteiger partial charge in [0.15, 0.2) is 25.7 Å². The number of aliphatic hydroxyl groups is 2. The predicted molar refractivity (Wildman–Crippen MR) is 124 cm³/mol. The molecule has 2 heterocycles. The standard InChI is InChI=1S/C25H36O9/c1-16-8-6-10-19(26)23-20(33-25(2,3)34-23)11-7-9-17-12-18(30-14-28-4)13-21(31-15-29-5)22(17)24(27)32-16/h6-7,9-10,12-13,16,19-20,23-24,26-27H,8,11,14-15H2,1-5H3/b9-7+,10-6-/t16-,19?,20-,23+,24?/m0/s1. The van der Waals surface area contributed by atoms with E-state index in [0.29, 0.717) is 35.5 Å². The molecule has 1 aromatic carbocycles. The highest BCUT2D eigenvalue weighted by Gasteiger charge is 2.43. The second-order valence-electron chi connectivity index (χ2n) is 8.76. The van der Waals surface area contributed by atoms with Gasteiger partial charge < -0.3 is 43.4 Å². The number of benzene rings is 1. The summed E-state index contributed by atoms with van der Waals surface area (Å²) in [5, 5.41) is 21.7. The summed E-state index contributed by atoms with van der Waals surface area (Å²) in [6.07, 6.45) is 4.88. The van der Waals surface area contributed by atoms with Crippen molar-refractivity contribution in [3.8, 4) is 11.5 Å². The first-order valence-electron chi connectivity index (χ1n) is 11.4. The maximum Gasteiger partial charge on any atom is 0.188 e. The maximum absolute atomic E-state index is 11.0. The lowest BCUT2D eigenvalue weighted by Crippen LogP contribution is -2.34. The van der Waals surface area contributed by atoms with Crippen molar-refractivity contribution in [2.75, 3.05) is 27.8 Å². The molecule has 2 unspecified atom stereocenters. The molecule has 9 heteroatoms. The number of ether oxygens (including phenoxy) is 7. The predicted octanol–water partition coefficient (Wildman–Crippen LogP) is 3.29. The molecule has 0 aliphatic carbocycles. The molecule has 190 valence electrons. The molecule has 0 radical (unpaired) electrons. The molecule has 0 saturated carbocycles. The Morgan fingerprint density at radius 3 is 2.47 bits per heavy atom. The molecule has 5 atom stereocenters. The topological polar surface area (TPSA) is 105 Å².